The van der Waals surface area contributed by atoms with E-state index in [2.05, 4.69) is 0 Å². The summed E-state index contributed by atoms with van der Waals surface area (Å²) in [6.07, 6.45) is 3.70. The van der Waals surface area contributed by atoms with Gasteiger partial charge in [0.2, 0.25) is 5.91 Å². The van der Waals surface area contributed by atoms with Crippen LogP contribution in [0.3, 0.4) is 0 Å². The molecule has 2 aromatic carbocycles. The summed E-state index contributed by atoms with van der Waals surface area (Å²) in [5.74, 6) is 0.880. The van der Waals surface area contributed by atoms with Gasteiger partial charge >= 0.3 is 5.97 Å². The number of benzene rings is 2. The number of amides is 1. The number of hydrogen-bond acceptors (Lipinski definition) is 5. The van der Waals surface area contributed by atoms with E-state index >= 15 is 0 Å². The third kappa shape index (κ3) is 6.60. The highest BCUT2D eigenvalue weighted by Gasteiger charge is 2.33. The fraction of sp³-hybridized carbons (Fsp3) is 0.462. The molecule has 0 radical (unpaired) electrons. The van der Waals surface area contributed by atoms with Gasteiger partial charge in [-0.3, -0.25) is 14.5 Å². The highest BCUT2D eigenvalue weighted by atomic mass is 35.5. The molecule has 1 saturated heterocycles. The topological polar surface area (TPSA) is 79.3 Å². The molecule has 1 saturated carbocycles. The summed E-state index contributed by atoms with van der Waals surface area (Å²) in [4.78, 5) is 27.9. The molecule has 2 fully saturated rings. The van der Waals surface area contributed by atoms with Crippen molar-refractivity contribution in [2.75, 3.05) is 33.4 Å². The van der Waals surface area contributed by atoms with Crippen LogP contribution in [0.1, 0.15) is 42.9 Å². The molecule has 2 aliphatic rings. The molecule has 0 aromatic heterocycles. The second-order valence-corrected chi connectivity index (χ2v) is 9.92. The van der Waals surface area contributed by atoms with Crippen molar-refractivity contribution in [3.05, 3.63) is 57.6 Å². The lowest BCUT2D eigenvalue weighted by Crippen LogP contribution is -2.35. The summed E-state index contributed by atoms with van der Waals surface area (Å²) in [5.41, 5.74) is 1.51. The Morgan fingerprint density at radius 2 is 1.97 bits per heavy atom. The van der Waals surface area contributed by atoms with Gasteiger partial charge in [-0.15, -0.1) is 0 Å². The van der Waals surface area contributed by atoms with Crippen molar-refractivity contribution >= 4 is 35.1 Å². The number of hydrogen-bond donors (Lipinski definition) is 1. The van der Waals surface area contributed by atoms with Crippen LogP contribution in [0.5, 0.6) is 11.5 Å². The van der Waals surface area contributed by atoms with Crippen LogP contribution in [0, 0.1) is 5.92 Å². The predicted molar refractivity (Wildman–Crippen MR) is 134 cm³/mol. The lowest BCUT2D eigenvalue weighted by atomic mass is 10.0. The molecular weight excluding hydrogens is 491 g/mol. The van der Waals surface area contributed by atoms with E-state index in [0.29, 0.717) is 65.7 Å². The van der Waals surface area contributed by atoms with Crippen LogP contribution in [0.4, 0.5) is 0 Å². The summed E-state index contributed by atoms with van der Waals surface area (Å²) in [5, 5.41) is 10.9. The number of carboxylic acids is 1. The van der Waals surface area contributed by atoms with Crippen LogP contribution in [0.25, 0.3) is 0 Å². The third-order valence-corrected chi connectivity index (χ3v) is 7.19. The zero-order valence-electron chi connectivity index (χ0n) is 19.7. The molecule has 188 valence electrons. The monoisotopic (exact) mass is 520 g/mol. The highest BCUT2D eigenvalue weighted by molar-refractivity contribution is 6.42. The first kappa shape index (κ1) is 25.6. The van der Waals surface area contributed by atoms with Crippen LogP contribution in [-0.4, -0.2) is 60.1 Å². The summed E-state index contributed by atoms with van der Waals surface area (Å²) in [7, 11) is 1.58. The first-order chi connectivity index (χ1) is 16.9. The third-order valence-electron chi connectivity index (χ3n) is 6.45. The molecule has 0 bridgehead atoms. The average molecular weight is 521 g/mol. The van der Waals surface area contributed by atoms with Crippen LogP contribution in [0.2, 0.25) is 10.0 Å². The molecule has 2 aromatic rings. The normalized spacial score (nSPS) is 16.6. The number of rotatable bonds is 12. The lowest BCUT2D eigenvalue weighted by molar-refractivity contribution is -0.144. The van der Waals surface area contributed by atoms with E-state index in [1.165, 1.54) is 0 Å². The standard InChI is InChI=1S/C26H30Cl2N2O5/c1-34-23-13-18(6-9-22(23)35-12-11-29-10-2-3-24(29)31)16-30(15-17-4-5-17)25(26(32)33)19-7-8-20(27)21(28)14-19/h6-9,13-14,17,25H,2-5,10-12,15-16H2,1H3,(H,32,33). The van der Waals surface area contributed by atoms with Crippen molar-refractivity contribution in [1.29, 1.82) is 0 Å². The van der Waals surface area contributed by atoms with Gasteiger partial charge in [-0.25, -0.2) is 0 Å². The highest BCUT2D eigenvalue weighted by Crippen LogP contribution is 2.36. The summed E-state index contributed by atoms with van der Waals surface area (Å²) in [6.45, 7) is 2.80. The molecule has 1 heterocycles. The molecule has 1 amide bonds. The van der Waals surface area contributed by atoms with Gasteiger partial charge in [0.05, 0.1) is 23.7 Å². The minimum absolute atomic E-state index is 0.168. The van der Waals surface area contributed by atoms with E-state index in [1.807, 2.05) is 28.0 Å². The Labute approximate surface area is 215 Å². The molecule has 1 atom stereocenters. The zero-order valence-corrected chi connectivity index (χ0v) is 21.2. The fourth-order valence-corrected chi connectivity index (χ4v) is 4.76. The molecule has 1 unspecified atom stereocenters. The molecule has 1 aliphatic carbocycles. The Bertz CT molecular complexity index is 1080. The molecule has 9 heteroatoms. The maximum Gasteiger partial charge on any atom is 0.325 e. The maximum absolute atomic E-state index is 12.4. The van der Waals surface area contributed by atoms with Crippen LogP contribution < -0.4 is 9.47 Å². The number of carboxylic acid groups (broad SMARTS) is 1. The van der Waals surface area contributed by atoms with Crippen molar-refractivity contribution in [3.63, 3.8) is 0 Å². The van der Waals surface area contributed by atoms with Gasteiger partial charge in [-0.05, 0) is 60.6 Å². The number of ether oxygens (including phenoxy) is 2. The second-order valence-electron chi connectivity index (χ2n) is 9.11. The van der Waals surface area contributed by atoms with Gasteiger partial charge in [0, 0.05) is 26.1 Å². The summed E-state index contributed by atoms with van der Waals surface area (Å²) in [6, 6.07) is 9.77. The van der Waals surface area contributed by atoms with E-state index in [9.17, 15) is 14.7 Å². The van der Waals surface area contributed by atoms with Crippen molar-refractivity contribution < 1.29 is 24.2 Å². The van der Waals surface area contributed by atoms with E-state index in [-0.39, 0.29) is 5.91 Å². The number of carbonyl (C=O) groups excluding carboxylic acids is 1. The molecule has 7 nitrogen and oxygen atoms in total. The Kier molecular flexibility index (Phi) is 8.42. The first-order valence-corrected chi connectivity index (χ1v) is 12.6. The quantitative estimate of drug-likeness (QED) is 0.422. The molecule has 1 N–H and O–H groups in total. The molecule has 0 spiro atoms. The number of carbonyl (C=O) groups is 2. The van der Waals surface area contributed by atoms with Gasteiger partial charge in [0.1, 0.15) is 12.6 Å². The Balaban J connectivity index is 1.49. The average Bonchev–Trinajstić information content (AvgIpc) is 3.55. The van der Waals surface area contributed by atoms with Crippen molar-refractivity contribution in [1.82, 2.24) is 9.80 Å². The number of aliphatic carboxylic acids is 1. The van der Waals surface area contributed by atoms with E-state index in [4.69, 9.17) is 32.7 Å². The first-order valence-electron chi connectivity index (χ1n) is 11.8. The van der Waals surface area contributed by atoms with E-state index < -0.39 is 12.0 Å². The summed E-state index contributed by atoms with van der Waals surface area (Å²) >= 11 is 12.3. The Morgan fingerprint density at radius 1 is 1.17 bits per heavy atom. The molecular formula is C26H30Cl2N2O5. The lowest BCUT2D eigenvalue weighted by Gasteiger charge is -2.30. The van der Waals surface area contributed by atoms with Gasteiger partial charge in [-0.2, -0.15) is 0 Å². The summed E-state index contributed by atoms with van der Waals surface area (Å²) < 4.78 is 11.5. The molecule has 4 rings (SSSR count). The number of methoxy groups -OCH3 is 1. The Morgan fingerprint density at radius 3 is 2.60 bits per heavy atom. The van der Waals surface area contributed by atoms with Crippen molar-refractivity contribution in [2.45, 2.75) is 38.3 Å². The smallest absolute Gasteiger partial charge is 0.325 e. The van der Waals surface area contributed by atoms with Gasteiger partial charge < -0.3 is 19.5 Å². The van der Waals surface area contributed by atoms with E-state index in [0.717, 1.165) is 31.4 Å². The van der Waals surface area contributed by atoms with E-state index in [1.54, 1.807) is 25.3 Å². The largest absolute Gasteiger partial charge is 0.493 e. The van der Waals surface area contributed by atoms with Crippen molar-refractivity contribution in [2.24, 2.45) is 5.92 Å². The zero-order chi connectivity index (χ0) is 24.9. The minimum Gasteiger partial charge on any atom is -0.493 e. The molecule has 35 heavy (non-hydrogen) atoms. The Hall–Kier alpha value is -2.48. The van der Waals surface area contributed by atoms with Crippen LogP contribution >= 0.6 is 23.2 Å². The van der Waals surface area contributed by atoms with Crippen LogP contribution in [0.15, 0.2) is 36.4 Å². The maximum atomic E-state index is 12.4. The van der Waals surface area contributed by atoms with Gasteiger partial charge in [-0.1, -0.05) is 35.3 Å². The second kappa shape index (κ2) is 11.5. The predicted octanol–water partition coefficient (Wildman–Crippen LogP) is 5.04. The SMILES string of the molecule is COc1cc(CN(CC2CC2)C(C(=O)O)c2ccc(Cl)c(Cl)c2)ccc1OCCN1CCCC1=O. The number of nitrogens with zero attached hydrogens (tertiary/aromatic N) is 2. The molecule has 1 aliphatic heterocycles. The number of halogens is 2. The van der Waals surface area contributed by atoms with Gasteiger partial charge in [0.15, 0.2) is 11.5 Å². The van der Waals surface area contributed by atoms with Gasteiger partial charge in [0.25, 0.3) is 0 Å². The van der Waals surface area contributed by atoms with Crippen molar-refractivity contribution in [3.8, 4) is 11.5 Å². The van der Waals surface area contributed by atoms with Crippen LogP contribution in [-0.2, 0) is 16.1 Å². The fourth-order valence-electron chi connectivity index (χ4n) is 4.46. The number of likely N-dealkylation sites (tertiary alicyclic amines) is 1. The minimum atomic E-state index is -0.938.